The second kappa shape index (κ2) is 4.43. The van der Waals surface area contributed by atoms with Crippen molar-refractivity contribution in [3.8, 4) is 11.3 Å². The van der Waals surface area contributed by atoms with E-state index < -0.39 is 5.60 Å². The molecule has 104 valence electrons. The average Bonchev–Trinajstić information content (AvgIpc) is 3.19. The summed E-state index contributed by atoms with van der Waals surface area (Å²) in [7, 11) is 0. The molecule has 1 N–H and O–H groups in total. The predicted molar refractivity (Wildman–Crippen MR) is 74.9 cm³/mol. The number of hydrogen-bond donors (Lipinski definition) is 1. The lowest BCUT2D eigenvalue weighted by Crippen LogP contribution is -2.62. The molecule has 4 nitrogen and oxygen atoms in total. The van der Waals surface area contributed by atoms with Gasteiger partial charge >= 0.3 is 0 Å². The second-order valence-electron chi connectivity index (χ2n) is 6.07. The summed E-state index contributed by atoms with van der Waals surface area (Å²) in [5.74, 6) is 1.34. The van der Waals surface area contributed by atoms with Gasteiger partial charge in [-0.2, -0.15) is 0 Å². The van der Waals surface area contributed by atoms with E-state index in [2.05, 4.69) is 10.1 Å². The molecule has 2 aliphatic rings. The summed E-state index contributed by atoms with van der Waals surface area (Å²) in [5, 5.41) is 14.4. The van der Waals surface area contributed by atoms with E-state index in [4.69, 9.17) is 4.52 Å². The number of hydrogen-bond acceptors (Lipinski definition) is 4. The molecular formula is C16H18N2O2. The maximum absolute atomic E-state index is 10.3. The summed E-state index contributed by atoms with van der Waals surface area (Å²) >= 11 is 0. The molecule has 0 atom stereocenters. The molecule has 0 unspecified atom stereocenters. The molecule has 2 heterocycles. The van der Waals surface area contributed by atoms with Crippen molar-refractivity contribution in [3.05, 3.63) is 42.1 Å². The molecule has 0 radical (unpaired) electrons. The van der Waals surface area contributed by atoms with Crippen molar-refractivity contribution in [1.82, 2.24) is 10.1 Å². The maximum atomic E-state index is 10.3. The topological polar surface area (TPSA) is 49.5 Å². The van der Waals surface area contributed by atoms with Crippen molar-refractivity contribution in [2.75, 3.05) is 13.1 Å². The first kappa shape index (κ1) is 12.1. The molecule has 4 heteroatoms. The summed E-state index contributed by atoms with van der Waals surface area (Å²) < 4.78 is 5.39. The largest absolute Gasteiger partial charge is 0.387 e. The quantitative estimate of drug-likeness (QED) is 0.926. The summed E-state index contributed by atoms with van der Waals surface area (Å²) in [6, 6.07) is 12.0. The Morgan fingerprint density at radius 2 is 2.00 bits per heavy atom. The van der Waals surface area contributed by atoms with Gasteiger partial charge in [0, 0.05) is 31.3 Å². The highest BCUT2D eigenvalue weighted by atomic mass is 16.5. The molecule has 1 aromatic heterocycles. The van der Waals surface area contributed by atoms with Crippen LogP contribution in [0.25, 0.3) is 11.3 Å². The highest BCUT2D eigenvalue weighted by Gasteiger charge is 2.51. The fourth-order valence-corrected chi connectivity index (χ4v) is 3.07. The van der Waals surface area contributed by atoms with Crippen LogP contribution >= 0.6 is 0 Å². The number of β-amino-alcohol motifs (C(OH)–C–C–N with tert-alkyl or cyclic N) is 1. The Labute approximate surface area is 118 Å². The summed E-state index contributed by atoms with van der Waals surface area (Å²) in [4.78, 5) is 2.23. The lowest BCUT2D eigenvalue weighted by molar-refractivity contribution is -0.117. The number of benzene rings is 1. The molecule has 2 fully saturated rings. The first-order valence-corrected chi connectivity index (χ1v) is 7.19. The molecule has 0 bridgehead atoms. The first-order valence-electron chi connectivity index (χ1n) is 7.19. The zero-order chi connectivity index (χ0) is 13.6. The Morgan fingerprint density at radius 1 is 1.25 bits per heavy atom. The molecule has 20 heavy (non-hydrogen) atoms. The third-order valence-electron chi connectivity index (χ3n) is 4.33. The maximum Gasteiger partial charge on any atom is 0.167 e. The Kier molecular flexibility index (Phi) is 2.69. The fraction of sp³-hybridized carbons (Fsp3) is 0.438. The van der Waals surface area contributed by atoms with Gasteiger partial charge in [-0.25, -0.2) is 0 Å². The minimum Gasteiger partial charge on any atom is -0.387 e. The average molecular weight is 270 g/mol. The molecule has 4 rings (SSSR count). The van der Waals surface area contributed by atoms with Crippen LogP contribution in [0.1, 0.15) is 18.5 Å². The molecule has 1 aliphatic carbocycles. The zero-order valence-corrected chi connectivity index (χ0v) is 11.3. The molecule has 1 aliphatic heterocycles. The van der Waals surface area contributed by atoms with E-state index in [0.717, 1.165) is 36.7 Å². The lowest BCUT2D eigenvalue weighted by atomic mass is 9.88. The SMILES string of the molecule is OC1(C2CC2)CN(Cc2cc(-c3ccccc3)on2)C1. The Balaban J connectivity index is 1.40. The molecule has 1 saturated carbocycles. The normalized spacial score (nSPS) is 21.6. The van der Waals surface area contributed by atoms with E-state index in [1.54, 1.807) is 0 Å². The van der Waals surface area contributed by atoms with Crippen molar-refractivity contribution in [2.24, 2.45) is 5.92 Å². The Morgan fingerprint density at radius 3 is 2.70 bits per heavy atom. The van der Waals surface area contributed by atoms with Crippen LogP contribution in [-0.4, -0.2) is 33.9 Å². The number of likely N-dealkylation sites (tertiary alicyclic amines) is 1. The first-order chi connectivity index (χ1) is 9.73. The van der Waals surface area contributed by atoms with Gasteiger partial charge in [0.25, 0.3) is 0 Å². The zero-order valence-electron chi connectivity index (χ0n) is 11.3. The summed E-state index contributed by atoms with van der Waals surface area (Å²) in [6.07, 6.45) is 2.37. The van der Waals surface area contributed by atoms with Crippen LogP contribution in [-0.2, 0) is 6.54 Å². The standard InChI is InChI=1S/C16H18N2O2/c19-16(13-6-7-13)10-18(11-16)9-14-8-15(20-17-14)12-4-2-1-3-5-12/h1-5,8,13,19H,6-7,9-11H2. The van der Waals surface area contributed by atoms with E-state index in [1.165, 1.54) is 12.8 Å². The minimum atomic E-state index is -0.425. The van der Waals surface area contributed by atoms with Crippen LogP contribution in [0, 0.1) is 5.92 Å². The van der Waals surface area contributed by atoms with Gasteiger partial charge in [-0.15, -0.1) is 0 Å². The molecule has 0 amide bonds. The minimum absolute atomic E-state index is 0.425. The third kappa shape index (κ3) is 2.15. The van der Waals surface area contributed by atoms with E-state index in [1.807, 2.05) is 36.4 Å². The van der Waals surface area contributed by atoms with Crippen LogP contribution in [0.5, 0.6) is 0 Å². The monoisotopic (exact) mass is 270 g/mol. The van der Waals surface area contributed by atoms with Gasteiger partial charge < -0.3 is 9.63 Å². The molecular weight excluding hydrogens is 252 g/mol. The van der Waals surface area contributed by atoms with E-state index in [0.29, 0.717) is 5.92 Å². The van der Waals surface area contributed by atoms with Crippen molar-refractivity contribution >= 4 is 0 Å². The van der Waals surface area contributed by atoms with E-state index in [-0.39, 0.29) is 0 Å². The molecule has 0 spiro atoms. The van der Waals surface area contributed by atoms with Crippen LogP contribution in [0.3, 0.4) is 0 Å². The van der Waals surface area contributed by atoms with Crippen molar-refractivity contribution in [3.63, 3.8) is 0 Å². The number of aliphatic hydroxyl groups is 1. The van der Waals surface area contributed by atoms with E-state index >= 15 is 0 Å². The van der Waals surface area contributed by atoms with Crippen LogP contribution in [0.2, 0.25) is 0 Å². The van der Waals surface area contributed by atoms with Crippen LogP contribution in [0.4, 0.5) is 0 Å². The van der Waals surface area contributed by atoms with E-state index in [9.17, 15) is 5.11 Å². The summed E-state index contributed by atoms with van der Waals surface area (Å²) in [5.41, 5.74) is 1.55. The smallest absolute Gasteiger partial charge is 0.167 e. The van der Waals surface area contributed by atoms with Gasteiger partial charge in [0.05, 0.1) is 11.3 Å². The van der Waals surface area contributed by atoms with Gasteiger partial charge in [-0.1, -0.05) is 35.5 Å². The lowest BCUT2D eigenvalue weighted by Gasteiger charge is -2.46. The summed E-state index contributed by atoms with van der Waals surface area (Å²) in [6.45, 7) is 2.29. The number of rotatable bonds is 4. The molecule has 1 saturated heterocycles. The fourth-order valence-electron chi connectivity index (χ4n) is 3.07. The highest BCUT2D eigenvalue weighted by molar-refractivity contribution is 5.56. The second-order valence-corrected chi connectivity index (χ2v) is 6.07. The highest BCUT2D eigenvalue weighted by Crippen LogP contribution is 2.44. The predicted octanol–water partition coefficient (Wildman–Crippen LogP) is 2.30. The van der Waals surface area contributed by atoms with Gasteiger partial charge in [-0.3, -0.25) is 4.90 Å². The molecule has 2 aromatic rings. The van der Waals surface area contributed by atoms with Crippen molar-refractivity contribution in [1.29, 1.82) is 0 Å². The van der Waals surface area contributed by atoms with Crippen molar-refractivity contribution in [2.45, 2.75) is 25.0 Å². The number of aromatic nitrogens is 1. The van der Waals surface area contributed by atoms with Gasteiger partial charge in [0.2, 0.25) is 0 Å². The Hall–Kier alpha value is -1.65. The van der Waals surface area contributed by atoms with Crippen molar-refractivity contribution < 1.29 is 9.63 Å². The van der Waals surface area contributed by atoms with Crippen LogP contribution < -0.4 is 0 Å². The molecule has 1 aromatic carbocycles. The van der Waals surface area contributed by atoms with Gasteiger partial charge in [0.1, 0.15) is 0 Å². The van der Waals surface area contributed by atoms with Gasteiger partial charge in [0.15, 0.2) is 5.76 Å². The van der Waals surface area contributed by atoms with Crippen LogP contribution in [0.15, 0.2) is 40.9 Å². The Bertz CT molecular complexity index is 598. The third-order valence-corrected chi connectivity index (χ3v) is 4.33. The van der Waals surface area contributed by atoms with Gasteiger partial charge in [-0.05, 0) is 18.8 Å². The number of nitrogens with zero attached hydrogens (tertiary/aromatic N) is 2.